The second-order valence-corrected chi connectivity index (χ2v) is 7.97. The molecule has 0 spiro atoms. The number of aliphatic hydroxyl groups is 1. The van der Waals surface area contributed by atoms with E-state index in [0.29, 0.717) is 16.3 Å². The number of Topliss-reactive ketones (excluding diaryl/α,β-unsaturated/α-hetero) is 1. The highest BCUT2D eigenvalue weighted by Crippen LogP contribution is 2.41. The summed E-state index contributed by atoms with van der Waals surface area (Å²) in [5.41, 5.74) is 3.18. The predicted molar refractivity (Wildman–Crippen MR) is 120 cm³/mol. The van der Waals surface area contributed by atoms with E-state index in [2.05, 4.69) is 4.98 Å². The Bertz CT molecular complexity index is 1170. The second-order valence-electron chi connectivity index (χ2n) is 7.07. The molecule has 0 amide bonds. The molecular weight excluding hydrogens is 410 g/mol. The first kappa shape index (κ1) is 20.8. The maximum absolute atomic E-state index is 11.8. The summed E-state index contributed by atoms with van der Waals surface area (Å²) in [7, 11) is 0. The lowest BCUT2D eigenvalue weighted by Crippen LogP contribution is -2.02. The van der Waals surface area contributed by atoms with E-state index in [9.17, 15) is 15.0 Å². The number of aromatic hydroxyl groups is 1. The summed E-state index contributed by atoms with van der Waals surface area (Å²) in [6, 6.07) is 20.3. The summed E-state index contributed by atoms with van der Waals surface area (Å²) in [5.74, 6) is 0.0987. The molecule has 0 aliphatic heterocycles. The van der Waals surface area contributed by atoms with Gasteiger partial charge in [-0.3, -0.25) is 4.79 Å². The van der Waals surface area contributed by atoms with Crippen LogP contribution in [0, 0.1) is 0 Å². The fourth-order valence-electron chi connectivity index (χ4n) is 3.32. The van der Waals surface area contributed by atoms with E-state index in [-0.39, 0.29) is 23.7 Å². The number of nitrogens with zero attached hydrogens (tertiary/aromatic N) is 1. The molecule has 1 unspecified atom stereocenters. The Hall–Kier alpha value is -3.48. The molecule has 0 saturated heterocycles. The van der Waals surface area contributed by atoms with Crippen LogP contribution in [0.15, 0.2) is 78.3 Å². The van der Waals surface area contributed by atoms with Crippen molar-refractivity contribution in [1.82, 2.24) is 4.98 Å². The van der Waals surface area contributed by atoms with Gasteiger partial charge in [-0.1, -0.05) is 54.6 Å². The summed E-state index contributed by atoms with van der Waals surface area (Å²) in [6.07, 6.45) is 0.948. The van der Waals surface area contributed by atoms with Crippen LogP contribution >= 0.6 is 11.3 Å². The van der Waals surface area contributed by atoms with Crippen molar-refractivity contribution in [2.24, 2.45) is 0 Å². The standard InChI is InChI=1S/C25H21NO4S/c1-16(27)20-11-12-21(22(24(20)29)25-26-13-14-31-25)30-15-17-7-9-19(10-8-17)23(28)18-5-3-2-4-6-18/h2-14,23,28-29H,15H2,1H3. The molecule has 31 heavy (non-hydrogen) atoms. The van der Waals surface area contributed by atoms with E-state index >= 15 is 0 Å². The molecule has 2 N–H and O–H groups in total. The van der Waals surface area contributed by atoms with Gasteiger partial charge in [0.25, 0.3) is 0 Å². The van der Waals surface area contributed by atoms with Gasteiger partial charge in [0.2, 0.25) is 0 Å². The lowest BCUT2D eigenvalue weighted by molar-refractivity contribution is 0.101. The number of carbonyl (C=O) groups excluding carboxylic acids is 1. The molecule has 0 bridgehead atoms. The quantitative estimate of drug-likeness (QED) is 0.384. The third-order valence-electron chi connectivity index (χ3n) is 4.97. The van der Waals surface area contributed by atoms with E-state index < -0.39 is 6.10 Å². The highest BCUT2D eigenvalue weighted by molar-refractivity contribution is 7.13. The van der Waals surface area contributed by atoms with Crippen LogP contribution in [0.2, 0.25) is 0 Å². The molecule has 6 heteroatoms. The van der Waals surface area contributed by atoms with Crippen molar-refractivity contribution >= 4 is 17.1 Å². The molecule has 3 aromatic carbocycles. The molecule has 1 aromatic heterocycles. The predicted octanol–water partition coefficient (Wildman–Crippen LogP) is 5.38. The summed E-state index contributed by atoms with van der Waals surface area (Å²) in [4.78, 5) is 16.1. The number of ether oxygens (including phenoxy) is 1. The van der Waals surface area contributed by atoms with Crippen LogP contribution in [0.3, 0.4) is 0 Å². The van der Waals surface area contributed by atoms with Crippen molar-refractivity contribution < 1.29 is 19.7 Å². The molecule has 0 fully saturated rings. The first-order valence-electron chi connectivity index (χ1n) is 9.76. The van der Waals surface area contributed by atoms with Gasteiger partial charge in [-0.25, -0.2) is 4.98 Å². The number of aliphatic hydroxyl groups excluding tert-OH is 1. The first-order chi connectivity index (χ1) is 15.0. The Balaban J connectivity index is 1.54. The zero-order valence-electron chi connectivity index (χ0n) is 16.9. The van der Waals surface area contributed by atoms with Gasteiger partial charge in [-0.15, -0.1) is 11.3 Å². The molecule has 0 aliphatic rings. The van der Waals surface area contributed by atoms with Gasteiger partial charge in [0.15, 0.2) is 5.78 Å². The van der Waals surface area contributed by atoms with Gasteiger partial charge >= 0.3 is 0 Å². The van der Waals surface area contributed by atoms with Gasteiger partial charge in [0.05, 0.1) is 11.1 Å². The Kier molecular flexibility index (Phi) is 6.11. The highest BCUT2D eigenvalue weighted by Gasteiger charge is 2.20. The Morgan fingerprint density at radius 3 is 2.39 bits per heavy atom. The smallest absolute Gasteiger partial charge is 0.163 e. The van der Waals surface area contributed by atoms with Crippen molar-refractivity contribution in [3.8, 4) is 22.1 Å². The van der Waals surface area contributed by atoms with Crippen molar-refractivity contribution in [2.45, 2.75) is 19.6 Å². The minimum absolute atomic E-state index is 0.124. The maximum atomic E-state index is 11.8. The minimum atomic E-state index is -0.691. The number of hydrogen-bond acceptors (Lipinski definition) is 6. The number of aromatic nitrogens is 1. The van der Waals surface area contributed by atoms with Crippen LogP contribution in [0.1, 0.15) is 40.1 Å². The maximum Gasteiger partial charge on any atom is 0.163 e. The number of hydrogen-bond donors (Lipinski definition) is 2. The topological polar surface area (TPSA) is 79.7 Å². The van der Waals surface area contributed by atoms with Gasteiger partial charge in [0.1, 0.15) is 29.2 Å². The number of rotatable bonds is 7. The van der Waals surface area contributed by atoms with Crippen LogP contribution in [-0.2, 0) is 6.61 Å². The summed E-state index contributed by atoms with van der Waals surface area (Å²) >= 11 is 1.36. The van der Waals surface area contributed by atoms with Crippen LogP contribution in [0.4, 0.5) is 0 Å². The lowest BCUT2D eigenvalue weighted by atomic mass is 10.0. The molecule has 5 nitrogen and oxygen atoms in total. The van der Waals surface area contributed by atoms with Crippen LogP contribution in [-0.4, -0.2) is 21.0 Å². The first-order valence-corrected chi connectivity index (χ1v) is 10.6. The third-order valence-corrected chi connectivity index (χ3v) is 5.76. The molecule has 0 aliphatic carbocycles. The van der Waals surface area contributed by atoms with Crippen LogP contribution in [0.25, 0.3) is 10.6 Å². The van der Waals surface area contributed by atoms with Crippen LogP contribution in [0.5, 0.6) is 11.5 Å². The second kappa shape index (κ2) is 9.12. The highest BCUT2D eigenvalue weighted by atomic mass is 32.1. The van der Waals surface area contributed by atoms with Crippen molar-refractivity contribution in [2.75, 3.05) is 0 Å². The minimum Gasteiger partial charge on any atom is -0.506 e. The normalized spacial score (nSPS) is 11.8. The number of phenols is 1. The van der Waals surface area contributed by atoms with Gasteiger partial charge in [0, 0.05) is 11.6 Å². The number of carbonyl (C=O) groups is 1. The van der Waals surface area contributed by atoms with E-state index in [4.69, 9.17) is 4.74 Å². The Morgan fingerprint density at radius 2 is 1.74 bits per heavy atom. The molecule has 156 valence electrons. The van der Waals surface area contributed by atoms with E-state index in [1.807, 2.05) is 54.6 Å². The molecule has 4 rings (SSSR count). The van der Waals surface area contributed by atoms with Crippen molar-refractivity contribution in [3.05, 3.63) is 101 Å². The molecule has 1 atom stereocenters. The molecule has 4 aromatic rings. The molecule has 0 radical (unpaired) electrons. The summed E-state index contributed by atoms with van der Waals surface area (Å²) in [6.45, 7) is 1.67. The lowest BCUT2D eigenvalue weighted by Gasteiger charge is -2.15. The van der Waals surface area contributed by atoms with E-state index in [1.165, 1.54) is 18.3 Å². The largest absolute Gasteiger partial charge is 0.506 e. The monoisotopic (exact) mass is 431 g/mol. The van der Waals surface area contributed by atoms with E-state index in [1.54, 1.807) is 23.7 Å². The average Bonchev–Trinajstić information content (AvgIpc) is 3.32. The fraction of sp³-hybridized carbons (Fsp3) is 0.120. The molecular formula is C25H21NO4S. The number of benzene rings is 3. The molecule has 0 saturated carbocycles. The van der Waals surface area contributed by atoms with E-state index in [0.717, 1.165) is 16.7 Å². The summed E-state index contributed by atoms with van der Waals surface area (Å²) in [5, 5.41) is 23.6. The van der Waals surface area contributed by atoms with Gasteiger partial charge in [-0.2, -0.15) is 0 Å². The fourth-order valence-corrected chi connectivity index (χ4v) is 4.00. The van der Waals surface area contributed by atoms with Gasteiger partial charge < -0.3 is 14.9 Å². The number of phenolic OH excluding ortho intramolecular Hbond substituents is 1. The Morgan fingerprint density at radius 1 is 1.03 bits per heavy atom. The zero-order valence-corrected chi connectivity index (χ0v) is 17.7. The average molecular weight is 432 g/mol. The number of thiazole rings is 1. The third kappa shape index (κ3) is 4.50. The Labute approximate surface area is 184 Å². The van der Waals surface area contributed by atoms with Crippen LogP contribution < -0.4 is 4.74 Å². The SMILES string of the molecule is CC(=O)c1ccc(OCc2ccc(C(O)c3ccccc3)cc2)c(-c2nccs2)c1O. The van der Waals surface area contributed by atoms with Crippen molar-refractivity contribution in [3.63, 3.8) is 0 Å². The molecule has 1 heterocycles. The van der Waals surface area contributed by atoms with Gasteiger partial charge in [-0.05, 0) is 35.7 Å². The zero-order chi connectivity index (χ0) is 21.8. The summed E-state index contributed by atoms with van der Waals surface area (Å²) < 4.78 is 5.98. The van der Waals surface area contributed by atoms with Crippen molar-refractivity contribution in [1.29, 1.82) is 0 Å². The number of ketones is 1.